The second kappa shape index (κ2) is 9.36. The topological polar surface area (TPSA) is 102 Å². The lowest BCUT2D eigenvalue weighted by Gasteiger charge is -2.21. The van der Waals surface area contributed by atoms with Gasteiger partial charge in [0, 0.05) is 12.6 Å². The van der Waals surface area contributed by atoms with Crippen LogP contribution in [0.4, 0.5) is 5.69 Å². The molecule has 0 unspecified atom stereocenters. The quantitative estimate of drug-likeness (QED) is 0.694. The molecule has 0 radical (unpaired) electrons. The van der Waals surface area contributed by atoms with E-state index in [1.807, 2.05) is 26.0 Å². The molecule has 0 aliphatic rings. The zero-order valence-corrected chi connectivity index (χ0v) is 17.7. The number of hydrogen-bond donors (Lipinski definition) is 2. The third-order valence-electron chi connectivity index (χ3n) is 4.72. The maximum atomic E-state index is 12.5. The molecule has 0 saturated carbocycles. The molecule has 1 aromatic carbocycles. The van der Waals surface area contributed by atoms with E-state index in [1.165, 1.54) is 0 Å². The third-order valence-corrected chi connectivity index (χ3v) is 4.72. The van der Waals surface area contributed by atoms with E-state index in [0.29, 0.717) is 16.9 Å². The summed E-state index contributed by atoms with van der Waals surface area (Å²) < 4.78 is 6.82. The van der Waals surface area contributed by atoms with Gasteiger partial charge in [-0.3, -0.25) is 14.3 Å². The number of nitrogens with one attached hydrogen (secondary N) is 2. The Hall–Kier alpha value is -3.16. The molecule has 2 N–H and O–H groups in total. The Balaban J connectivity index is 1.98. The molecule has 8 heteroatoms. The molecule has 1 heterocycles. The van der Waals surface area contributed by atoms with Gasteiger partial charge in [-0.05, 0) is 38.3 Å². The number of nitrogens with zero attached hydrogens (tertiary/aromatic N) is 2. The number of benzene rings is 1. The Morgan fingerprint density at radius 3 is 2.34 bits per heavy atom. The van der Waals surface area contributed by atoms with Crippen LogP contribution in [0.1, 0.15) is 41.2 Å². The van der Waals surface area contributed by atoms with Crippen molar-refractivity contribution in [1.29, 1.82) is 0 Å². The normalized spacial score (nSPS) is 11.8. The van der Waals surface area contributed by atoms with Gasteiger partial charge in [-0.2, -0.15) is 5.10 Å². The number of anilines is 1. The predicted octanol–water partition coefficient (Wildman–Crippen LogP) is 2.28. The molecule has 0 spiro atoms. The summed E-state index contributed by atoms with van der Waals surface area (Å²) in [6.45, 7) is 8.58. The van der Waals surface area contributed by atoms with Crippen LogP contribution in [-0.2, 0) is 21.4 Å². The number of esters is 1. The zero-order chi connectivity index (χ0) is 21.7. The van der Waals surface area contributed by atoms with Gasteiger partial charge < -0.3 is 15.4 Å². The molecule has 29 heavy (non-hydrogen) atoms. The highest BCUT2D eigenvalue weighted by molar-refractivity contribution is 5.98. The molecule has 156 valence electrons. The zero-order valence-electron chi connectivity index (χ0n) is 17.7. The largest absolute Gasteiger partial charge is 0.454 e. The number of carbonyl (C=O) groups excluding carboxylic acids is 3. The fourth-order valence-electron chi connectivity index (χ4n) is 2.90. The first-order valence-corrected chi connectivity index (χ1v) is 9.45. The van der Waals surface area contributed by atoms with E-state index in [0.717, 1.165) is 11.3 Å². The summed E-state index contributed by atoms with van der Waals surface area (Å²) in [7, 11) is 1.78. The molecule has 1 atom stereocenters. The molecule has 0 aliphatic carbocycles. The second-order valence-corrected chi connectivity index (χ2v) is 7.34. The summed E-state index contributed by atoms with van der Waals surface area (Å²) >= 11 is 0. The smallest absolute Gasteiger partial charge is 0.329 e. The average molecular weight is 400 g/mol. The highest BCUT2D eigenvalue weighted by atomic mass is 16.5. The molecule has 8 nitrogen and oxygen atoms in total. The molecule has 2 aromatic rings. The van der Waals surface area contributed by atoms with Gasteiger partial charge in [-0.15, -0.1) is 0 Å². The van der Waals surface area contributed by atoms with Crippen molar-refractivity contribution in [2.75, 3.05) is 11.9 Å². The van der Waals surface area contributed by atoms with Crippen molar-refractivity contribution in [3.8, 4) is 0 Å². The fourth-order valence-corrected chi connectivity index (χ4v) is 2.90. The van der Waals surface area contributed by atoms with Crippen LogP contribution in [0, 0.1) is 26.7 Å². The SMILES string of the molecule is Cc1ccccc1C(=O)N[C@H](C(=O)OCC(=O)Nc1c(C)nn(C)c1C)C(C)C. The maximum Gasteiger partial charge on any atom is 0.329 e. The fraction of sp³-hybridized carbons (Fsp3) is 0.429. The van der Waals surface area contributed by atoms with E-state index in [4.69, 9.17) is 4.74 Å². The Morgan fingerprint density at radius 1 is 1.14 bits per heavy atom. The van der Waals surface area contributed by atoms with Gasteiger partial charge in [0.15, 0.2) is 6.61 Å². The van der Waals surface area contributed by atoms with Gasteiger partial charge >= 0.3 is 5.97 Å². The van der Waals surface area contributed by atoms with Crippen molar-refractivity contribution in [3.63, 3.8) is 0 Å². The molecule has 0 bridgehead atoms. The van der Waals surface area contributed by atoms with E-state index in [1.54, 1.807) is 44.6 Å². The maximum absolute atomic E-state index is 12.5. The Bertz CT molecular complexity index is 917. The van der Waals surface area contributed by atoms with Gasteiger partial charge in [0.2, 0.25) is 0 Å². The lowest BCUT2D eigenvalue weighted by molar-refractivity contribution is -0.150. The summed E-state index contributed by atoms with van der Waals surface area (Å²) in [5.41, 5.74) is 3.37. The average Bonchev–Trinajstić information content (AvgIpc) is 2.90. The number of amides is 2. The van der Waals surface area contributed by atoms with Crippen molar-refractivity contribution in [1.82, 2.24) is 15.1 Å². The molecule has 0 saturated heterocycles. The van der Waals surface area contributed by atoms with Gasteiger partial charge in [0.25, 0.3) is 11.8 Å². The van der Waals surface area contributed by atoms with E-state index >= 15 is 0 Å². The highest BCUT2D eigenvalue weighted by Crippen LogP contribution is 2.18. The molecular weight excluding hydrogens is 372 g/mol. The number of carbonyl (C=O) groups is 3. The summed E-state index contributed by atoms with van der Waals surface area (Å²) in [6.07, 6.45) is 0. The van der Waals surface area contributed by atoms with Gasteiger partial charge in [-0.1, -0.05) is 32.0 Å². The first-order valence-electron chi connectivity index (χ1n) is 9.45. The molecular formula is C21H28N4O4. The third kappa shape index (κ3) is 5.43. The minimum absolute atomic E-state index is 0.207. The molecule has 0 fully saturated rings. The van der Waals surface area contributed by atoms with E-state index < -0.39 is 24.5 Å². The lowest BCUT2D eigenvalue weighted by Crippen LogP contribution is -2.46. The van der Waals surface area contributed by atoms with Gasteiger partial charge in [0.05, 0.1) is 17.1 Å². The van der Waals surface area contributed by atoms with Crippen molar-refractivity contribution in [2.24, 2.45) is 13.0 Å². The lowest BCUT2D eigenvalue weighted by atomic mass is 10.0. The van der Waals surface area contributed by atoms with Crippen LogP contribution in [0.2, 0.25) is 0 Å². The Kier molecular flexibility index (Phi) is 7.14. The first-order chi connectivity index (χ1) is 13.6. The van der Waals surface area contributed by atoms with Gasteiger partial charge in [-0.25, -0.2) is 4.79 Å². The summed E-state index contributed by atoms with van der Waals surface area (Å²) in [5, 5.41) is 9.65. The highest BCUT2D eigenvalue weighted by Gasteiger charge is 2.27. The Morgan fingerprint density at radius 2 is 1.79 bits per heavy atom. The number of aromatic nitrogens is 2. The summed E-state index contributed by atoms with van der Waals surface area (Å²) in [5.74, 6) is -1.69. The minimum atomic E-state index is -0.864. The van der Waals surface area contributed by atoms with Crippen molar-refractivity contribution in [3.05, 3.63) is 46.8 Å². The van der Waals surface area contributed by atoms with Crippen molar-refractivity contribution in [2.45, 2.75) is 40.7 Å². The molecule has 2 rings (SSSR count). The summed E-state index contributed by atoms with van der Waals surface area (Å²) in [6, 6.07) is 6.25. The standard InChI is InChI=1S/C21H28N4O4/c1-12(2)18(23-20(27)16-10-8-7-9-13(16)3)21(28)29-11-17(26)22-19-14(4)24-25(6)15(19)5/h7-10,12,18H,11H2,1-6H3,(H,22,26)(H,23,27)/t18-/m0/s1. The van der Waals surface area contributed by atoms with Crippen molar-refractivity contribution >= 4 is 23.5 Å². The molecule has 2 amide bonds. The Labute approximate surface area is 170 Å². The number of rotatable bonds is 7. The number of aryl methyl sites for hydroxylation is 3. The van der Waals surface area contributed by atoms with Crippen LogP contribution in [-0.4, -0.2) is 40.2 Å². The van der Waals surface area contributed by atoms with Crippen LogP contribution >= 0.6 is 0 Å². The van der Waals surface area contributed by atoms with E-state index in [9.17, 15) is 14.4 Å². The monoisotopic (exact) mass is 400 g/mol. The van der Waals surface area contributed by atoms with Crippen LogP contribution in [0.5, 0.6) is 0 Å². The van der Waals surface area contributed by atoms with Crippen LogP contribution in [0.3, 0.4) is 0 Å². The van der Waals surface area contributed by atoms with Crippen LogP contribution in [0.15, 0.2) is 24.3 Å². The van der Waals surface area contributed by atoms with Crippen LogP contribution < -0.4 is 10.6 Å². The first kappa shape index (κ1) is 22.1. The van der Waals surface area contributed by atoms with Crippen molar-refractivity contribution < 1.29 is 19.1 Å². The molecule has 0 aliphatic heterocycles. The predicted molar refractivity (Wildman–Crippen MR) is 110 cm³/mol. The van der Waals surface area contributed by atoms with E-state index in [-0.39, 0.29) is 11.8 Å². The minimum Gasteiger partial charge on any atom is -0.454 e. The number of ether oxygens (including phenoxy) is 1. The molecule has 1 aromatic heterocycles. The van der Waals surface area contributed by atoms with Gasteiger partial charge in [0.1, 0.15) is 6.04 Å². The van der Waals surface area contributed by atoms with E-state index in [2.05, 4.69) is 15.7 Å². The second-order valence-electron chi connectivity index (χ2n) is 7.34. The van der Waals surface area contributed by atoms with Crippen LogP contribution in [0.25, 0.3) is 0 Å². The summed E-state index contributed by atoms with van der Waals surface area (Å²) in [4.78, 5) is 37.2. The number of hydrogen-bond acceptors (Lipinski definition) is 5.